The van der Waals surface area contributed by atoms with Crippen molar-refractivity contribution in [1.82, 2.24) is 0 Å². The molecule has 0 aromatic heterocycles. The van der Waals surface area contributed by atoms with Crippen molar-refractivity contribution < 1.29 is 24.1 Å². The van der Waals surface area contributed by atoms with E-state index in [2.05, 4.69) is 0 Å². The summed E-state index contributed by atoms with van der Waals surface area (Å²) in [7, 11) is 1.39. The van der Waals surface area contributed by atoms with Crippen LogP contribution in [0.25, 0.3) is 0 Å². The average Bonchev–Trinajstić information content (AvgIpc) is 2.39. The fourth-order valence-electron chi connectivity index (χ4n) is 1.80. The number of methoxy groups -OCH3 is 1. The van der Waals surface area contributed by atoms with Crippen LogP contribution >= 0.6 is 0 Å². The first-order valence-corrected chi connectivity index (χ1v) is 5.68. The summed E-state index contributed by atoms with van der Waals surface area (Å²) in [5.74, 6) is -0.530. The molecule has 0 aliphatic heterocycles. The fourth-order valence-corrected chi connectivity index (χ4v) is 1.80. The number of carboxylic acid groups (broad SMARTS) is 1. The van der Waals surface area contributed by atoms with Gasteiger partial charge in [-0.15, -0.1) is 0 Å². The van der Waals surface area contributed by atoms with Crippen molar-refractivity contribution in [2.45, 2.75) is 0 Å². The van der Waals surface area contributed by atoms with E-state index >= 15 is 0 Å². The molecule has 0 unspecified atom stereocenters. The standard InChI is InChI=1S/C14H12FNO4/c1-20-13-6-5-11(8-12(13)17)16(14(18)19)10-4-2-3-9(15)7-10/h2-8,17H,1H3,(H,18,19). The molecule has 0 fully saturated rings. The van der Waals surface area contributed by atoms with Gasteiger partial charge in [0.1, 0.15) is 5.82 Å². The van der Waals surface area contributed by atoms with Gasteiger partial charge in [0.15, 0.2) is 11.5 Å². The van der Waals surface area contributed by atoms with E-state index in [4.69, 9.17) is 4.74 Å². The highest BCUT2D eigenvalue weighted by Gasteiger charge is 2.18. The molecule has 2 aromatic carbocycles. The Morgan fingerprint density at radius 2 is 1.90 bits per heavy atom. The molecule has 2 N–H and O–H groups in total. The molecule has 20 heavy (non-hydrogen) atoms. The van der Waals surface area contributed by atoms with Crippen LogP contribution in [0.5, 0.6) is 11.5 Å². The van der Waals surface area contributed by atoms with Gasteiger partial charge >= 0.3 is 6.09 Å². The molecule has 0 saturated carbocycles. The first kappa shape index (κ1) is 13.7. The van der Waals surface area contributed by atoms with Crippen LogP contribution in [0.2, 0.25) is 0 Å². The molecule has 0 bridgehead atoms. The maximum absolute atomic E-state index is 13.2. The molecule has 0 saturated heterocycles. The van der Waals surface area contributed by atoms with Crippen LogP contribution in [-0.2, 0) is 0 Å². The number of aromatic hydroxyl groups is 1. The third-order valence-electron chi connectivity index (χ3n) is 2.68. The highest BCUT2D eigenvalue weighted by atomic mass is 19.1. The van der Waals surface area contributed by atoms with E-state index in [-0.39, 0.29) is 22.9 Å². The zero-order chi connectivity index (χ0) is 14.7. The minimum Gasteiger partial charge on any atom is -0.504 e. The number of carbonyl (C=O) groups is 1. The Morgan fingerprint density at radius 3 is 2.45 bits per heavy atom. The average molecular weight is 277 g/mol. The lowest BCUT2D eigenvalue weighted by Gasteiger charge is -2.20. The zero-order valence-electron chi connectivity index (χ0n) is 10.6. The third kappa shape index (κ3) is 2.64. The molecule has 104 valence electrons. The summed E-state index contributed by atoms with van der Waals surface area (Å²) in [6.07, 6.45) is -1.29. The Kier molecular flexibility index (Phi) is 3.74. The molecule has 0 aliphatic carbocycles. The summed E-state index contributed by atoms with van der Waals surface area (Å²) in [5.41, 5.74) is 0.323. The van der Waals surface area contributed by atoms with Crippen molar-refractivity contribution in [2.24, 2.45) is 0 Å². The van der Waals surface area contributed by atoms with Gasteiger partial charge in [-0.2, -0.15) is 0 Å². The summed E-state index contributed by atoms with van der Waals surface area (Å²) in [6.45, 7) is 0. The molecular formula is C14H12FNO4. The molecule has 0 atom stereocenters. The highest BCUT2D eigenvalue weighted by molar-refractivity contribution is 5.95. The van der Waals surface area contributed by atoms with Crippen LogP contribution in [0.3, 0.4) is 0 Å². The molecule has 2 rings (SSSR count). The molecule has 1 amide bonds. The Hall–Kier alpha value is -2.76. The summed E-state index contributed by atoms with van der Waals surface area (Å²) in [4.78, 5) is 12.2. The van der Waals surface area contributed by atoms with Gasteiger partial charge in [-0.3, -0.25) is 0 Å². The van der Waals surface area contributed by atoms with E-state index in [1.807, 2.05) is 0 Å². The normalized spacial score (nSPS) is 10.1. The first-order chi connectivity index (χ1) is 9.52. The van der Waals surface area contributed by atoms with Gasteiger partial charge in [0.05, 0.1) is 18.5 Å². The summed E-state index contributed by atoms with van der Waals surface area (Å²) < 4.78 is 18.1. The van der Waals surface area contributed by atoms with E-state index in [1.165, 1.54) is 43.5 Å². The summed E-state index contributed by atoms with van der Waals surface area (Å²) in [5, 5.41) is 19.0. The van der Waals surface area contributed by atoms with Crippen LogP contribution in [0, 0.1) is 5.82 Å². The molecule has 0 aliphatic rings. The number of ether oxygens (including phenoxy) is 1. The summed E-state index contributed by atoms with van der Waals surface area (Å²) >= 11 is 0. The van der Waals surface area contributed by atoms with Crippen LogP contribution in [0.1, 0.15) is 0 Å². The number of benzene rings is 2. The second-order valence-corrected chi connectivity index (χ2v) is 3.95. The minimum atomic E-state index is -1.29. The number of phenolic OH excluding ortho intramolecular Hbond substituents is 1. The van der Waals surface area contributed by atoms with E-state index in [1.54, 1.807) is 0 Å². The number of hydrogen-bond acceptors (Lipinski definition) is 3. The number of nitrogens with zero attached hydrogens (tertiary/aromatic N) is 1. The van der Waals surface area contributed by atoms with Crippen molar-refractivity contribution >= 4 is 17.5 Å². The monoisotopic (exact) mass is 277 g/mol. The van der Waals surface area contributed by atoms with Crippen LogP contribution in [-0.4, -0.2) is 23.4 Å². The molecule has 2 aromatic rings. The quantitative estimate of drug-likeness (QED) is 0.902. The number of halogens is 1. The second kappa shape index (κ2) is 5.48. The van der Waals surface area contributed by atoms with E-state index in [9.17, 15) is 19.4 Å². The van der Waals surface area contributed by atoms with Gasteiger partial charge in [-0.1, -0.05) is 6.07 Å². The van der Waals surface area contributed by atoms with Crippen molar-refractivity contribution in [2.75, 3.05) is 12.0 Å². The fraction of sp³-hybridized carbons (Fsp3) is 0.0714. The topological polar surface area (TPSA) is 70.0 Å². The second-order valence-electron chi connectivity index (χ2n) is 3.95. The number of phenols is 1. The third-order valence-corrected chi connectivity index (χ3v) is 2.68. The van der Waals surface area contributed by atoms with Crippen LogP contribution in [0.15, 0.2) is 42.5 Å². The van der Waals surface area contributed by atoms with E-state index in [0.717, 1.165) is 11.0 Å². The van der Waals surface area contributed by atoms with Gasteiger partial charge in [-0.25, -0.2) is 14.1 Å². The molecule has 0 radical (unpaired) electrons. The predicted molar refractivity (Wildman–Crippen MR) is 71.2 cm³/mol. The van der Waals surface area contributed by atoms with Crippen molar-refractivity contribution in [3.05, 3.63) is 48.3 Å². The lowest BCUT2D eigenvalue weighted by atomic mass is 10.2. The number of amides is 1. The number of hydrogen-bond donors (Lipinski definition) is 2. The molecule has 5 nitrogen and oxygen atoms in total. The smallest absolute Gasteiger partial charge is 0.416 e. The van der Waals surface area contributed by atoms with Crippen molar-refractivity contribution in [3.8, 4) is 11.5 Å². The zero-order valence-corrected chi connectivity index (χ0v) is 10.6. The SMILES string of the molecule is COc1ccc(N(C(=O)O)c2cccc(F)c2)cc1O. The minimum absolute atomic E-state index is 0.141. The molecule has 0 spiro atoms. The Labute approximate surface area is 114 Å². The Bertz CT molecular complexity index is 645. The largest absolute Gasteiger partial charge is 0.504 e. The Morgan fingerprint density at radius 1 is 1.20 bits per heavy atom. The maximum Gasteiger partial charge on any atom is 0.416 e. The number of rotatable bonds is 3. The maximum atomic E-state index is 13.2. The van der Waals surface area contributed by atoms with Crippen LogP contribution in [0.4, 0.5) is 20.6 Å². The van der Waals surface area contributed by atoms with E-state index in [0.29, 0.717) is 0 Å². The van der Waals surface area contributed by atoms with Crippen molar-refractivity contribution in [3.63, 3.8) is 0 Å². The highest BCUT2D eigenvalue weighted by Crippen LogP contribution is 2.34. The lowest BCUT2D eigenvalue weighted by molar-refractivity contribution is 0.205. The van der Waals surface area contributed by atoms with Crippen molar-refractivity contribution in [1.29, 1.82) is 0 Å². The lowest BCUT2D eigenvalue weighted by Crippen LogP contribution is -2.23. The van der Waals surface area contributed by atoms with Gasteiger partial charge in [0.2, 0.25) is 0 Å². The molecule has 6 heteroatoms. The van der Waals surface area contributed by atoms with E-state index < -0.39 is 11.9 Å². The van der Waals surface area contributed by atoms with Gasteiger partial charge < -0.3 is 14.9 Å². The van der Waals surface area contributed by atoms with Gasteiger partial charge in [-0.05, 0) is 30.3 Å². The first-order valence-electron chi connectivity index (χ1n) is 5.68. The summed E-state index contributed by atoms with van der Waals surface area (Å²) in [6, 6.07) is 9.29. The van der Waals surface area contributed by atoms with Gasteiger partial charge in [0, 0.05) is 6.07 Å². The van der Waals surface area contributed by atoms with Gasteiger partial charge in [0.25, 0.3) is 0 Å². The number of anilines is 2. The van der Waals surface area contributed by atoms with Crippen LogP contribution < -0.4 is 9.64 Å². The molecular weight excluding hydrogens is 265 g/mol. The Balaban J connectivity index is 2.49. The predicted octanol–water partition coefficient (Wildman–Crippen LogP) is 3.36. The molecule has 0 heterocycles.